The summed E-state index contributed by atoms with van der Waals surface area (Å²) < 4.78 is 1.26. The molecule has 0 radical (unpaired) electrons. The van der Waals surface area contributed by atoms with Gasteiger partial charge in [0, 0.05) is 14.3 Å². The summed E-state index contributed by atoms with van der Waals surface area (Å²) in [5.74, 6) is 0. The molecule has 0 saturated carbocycles. The van der Waals surface area contributed by atoms with Crippen LogP contribution < -0.4 is 0 Å². The number of pyridine rings is 1. The van der Waals surface area contributed by atoms with Crippen LogP contribution in [0, 0.1) is 10.5 Å². The van der Waals surface area contributed by atoms with Crippen molar-refractivity contribution in [3.8, 4) is 0 Å². The SMILES string of the molecule is Cc1cccc2cc3c(I)cccc3nc12. The lowest BCUT2D eigenvalue weighted by Gasteiger charge is -2.05. The van der Waals surface area contributed by atoms with E-state index >= 15 is 0 Å². The van der Waals surface area contributed by atoms with Crippen molar-refractivity contribution in [2.24, 2.45) is 0 Å². The van der Waals surface area contributed by atoms with E-state index < -0.39 is 0 Å². The van der Waals surface area contributed by atoms with Crippen LogP contribution in [0.25, 0.3) is 21.8 Å². The van der Waals surface area contributed by atoms with E-state index in [4.69, 9.17) is 4.98 Å². The third kappa shape index (κ3) is 1.48. The molecule has 1 nitrogen and oxygen atoms in total. The zero-order valence-electron chi connectivity index (χ0n) is 8.87. The lowest BCUT2D eigenvalue weighted by molar-refractivity contribution is 1.42. The topological polar surface area (TPSA) is 12.9 Å². The van der Waals surface area contributed by atoms with Crippen LogP contribution in [0.3, 0.4) is 0 Å². The number of benzene rings is 2. The van der Waals surface area contributed by atoms with Gasteiger partial charge in [-0.25, -0.2) is 4.98 Å². The standard InChI is InChI=1S/C14H10IN/c1-9-4-2-5-10-8-11-12(15)6-3-7-13(11)16-14(9)10/h2-8H,1H3. The zero-order chi connectivity index (χ0) is 11.1. The van der Waals surface area contributed by atoms with E-state index in [1.54, 1.807) is 0 Å². The van der Waals surface area contributed by atoms with Gasteiger partial charge in [-0.1, -0.05) is 24.3 Å². The summed E-state index contributed by atoms with van der Waals surface area (Å²) in [6.45, 7) is 2.11. The number of aromatic nitrogens is 1. The van der Waals surface area contributed by atoms with E-state index in [2.05, 4.69) is 72.0 Å². The largest absolute Gasteiger partial charge is 0.247 e. The van der Waals surface area contributed by atoms with Crippen molar-refractivity contribution in [3.05, 3.63) is 51.6 Å². The summed E-state index contributed by atoms with van der Waals surface area (Å²) in [6.07, 6.45) is 0. The van der Waals surface area contributed by atoms with Crippen LogP contribution >= 0.6 is 22.6 Å². The number of hydrogen-bond acceptors (Lipinski definition) is 1. The minimum absolute atomic E-state index is 1.08. The van der Waals surface area contributed by atoms with Crippen LogP contribution in [0.2, 0.25) is 0 Å². The van der Waals surface area contributed by atoms with Crippen LogP contribution in [-0.4, -0.2) is 4.98 Å². The van der Waals surface area contributed by atoms with Gasteiger partial charge < -0.3 is 0 Å². The Bertz CT molecular complexity index is 627. The molecule has 0 spiro atoms. The normalized spacial score (nSPS) is 11.1. The number of para-hydroxylation sites is 1. The van der Waals surface area contributed by atoms with Gasteiger partial charge in [-0.3, -0.25) is 0 Å². The molecular weight excluding hydrogens is 309 g/mol. The van der Waals surface area contributed by atoms with Crippen LogP contribution in [0.1, 0.15) is 5.56 Å². The highest BCUT2D eigenvalue weighted by Crippen LogP contribution is 2.25. The second kappa shape index (κ2) is 3.70. The van der Waals surface area contributed by atoms with Gasteiger partial charge in [0.05, 0.1) is 11.0 Å². The second-order valence-electron chi connectivity index (χ2n) is 3.94. The maximum atomic E-state index is 4.73. The Labute approximate surface area is 108 Å². The Kier molecular flexibility index (Phi) is 2.32. The average molecular weight is 319 g/mol. The predicted octanol–water partition coefficient (Wildman–Crippen LogP) is 4.30. The molecule has 16 heavy (non-hydrogen) atoms. The number of rotatable bonds is 0. The summed E-state index contributed by atoms with van der Waals surface area (Å²) in [5.41, 5.74) is 3.42. The molecule has 0 unspecified atom stereocenters. The Hall–Kier alpha value is -1.16. The lowest BCUT2D eigenvalue weighted by atomic mass is 10.1. The van der Waals surface area contributed by atoms with E-state index in [1.165, 1.54) is 19.9 Å². The first kappa shape index (κ1) is 10.0. The van der Waals surface area contributed by atoms with Gasteiger partial charge in [-0.2, -0.15) is 0 Å². The van der Waals surface area contributed by atoms with Crippen LogP contribution in [0.4, 0.5) is 0 Å². The van der Waals surface area contributed by atoms with Gasteiger partial charge in [-0.15, -0.1) is 0 Å². The fourth-order valence-electron chi connectivity index (χ4n) is 1.99. The molecule has 0 aliphatic carbocycles. The van der Waals surface area contributed by atoms with E-state index in [9.17, 15) is 0 Å². The van der Waals surface area contributed by atoms with Crippen molar-refractivity contribution < 1.29 is 0 Å². The first-order valence-electron chi connectivity index (χ1n) is 5.20. The van der Waals surface area contributed by atoms with Crippen molar-refractivity contribution in [2.75, 3.05) is 0 Å². The summed E-state index contributed by atoms with van der Waals surface area (Å²) in [6, 6.07) is 14.8. The highest BCUT2D eigenvalue weighted by molar-refractivity contribution is 14.1. The van der Waals surface area contributed by atoms with Crippen LogP contribution in [0.15, 0.2) is 42.5 Å². The summed E-state index contributed by atoms with van der Waals surface area (Å²) in [4.78, 5) is 4.73. The molecule has 1 heterocycles. The van der Waals surface area contributed by atoms with E-state index in [0.29, 0.717) is 0 Å². The second-order valence-corrected chi connectivity index (χ2v) is 5.10. The molecule has 78 valence electrons. The quantitative estimate of drug-likeness (QED) is 0.445. The number of aryl methyl sites for hydroxylation is 1. The molecule has 0 atom stereocenters. The fourth-order valence-corrected chi connectivity index (χ4v) is 2.63. The van der Waals surface area contributed by atoms with Crippen molar-refractivity contribution in [1.29, 1.82) is 0 Å². The molecule has 3 aromatic rings. The zero-order valence-corrected chi connectivity index (χ0v) is 11.0. The smallest absolute Gasteiger partial charge is 0.0738 e. The van der Waals surface area contributed by atoms with E-state index in [1.807, 2.05) is 0 Å². The summed E-state index contributed by atoms with van der Waals surface area (Å²) in [7, 11) is 0. The molecular formula is C14H10IN. The average Bonchev–Trinajstić information content (AvgIpc) is 2.29. The molecule has 2 heteroatoms. The Morgan fingerprint density at radius 3 is 2.75 bits per heavy atom. The van der Waals surface area contributed by atoms with Crippen molar-refractivity contribution >= 4 is 44.4 Å². The van der Waals surface area contributed by atoms with Gasteiger partial charge in [0.25, 0.3) is 0 Å². The molecule has 0 amide bonds. The first-order chi connectivity index (χ1) is 7.75. The fraction of sp³-hybridized carbons (Fsp3) is 0.0714. The first-order valence-corrected chi connectivity index (χ1v) is 6.28. The summed E-state index contributed by atoms with van der Waals surface area (Å²) in [5, 5.41) is 2.46. The molecule has 0 fully saturated rings. The minimum atomic E-state index is 1.08. The number of fused-ring (bicyclic) bond motifs is 2. The number of nitrogens with zero attached hydrogens (tertiary/aromatic N) is 1. The molecule has 0 aliphatic rings. The third-order valence-electron chi connectivity index (χ3n) is 2.83. The molecule has 2 aromatic carbocycles. The molecule has 0 saturated heterocycles. The Balaban J connectivity index is 2.54. The predicted molar refractivity (Wildman–Crippen MR) is 76.7 cm³/mol. The molecule has 0 aliphatic heterocycles. The molecule has 3 rings (SSSR count). The third-order valence-corrected chi connectivity index (χ3v) is 3.77. The van der Waals surface area contributed by atoms with Gasteiger partial charge in [-0.05, 0) is 53.3 Å². The lowest BCUT2D eigenvalue weighted by Crippen LogP contribution is -1.86. The van der Waals surface area contributed by atoms with Crippen LogP contribution in [-0.2, 0) is 0 Å². The van der Waals surface area contributed by atoms with E-state index in [0.717, 1.165) is 11.0 Å². The van der Waals surface area contributed by atoms with Crippen molar-refractivity contribution in [3.63, 3.8) is 0 Å². The van der Waals surface area contributed by atoms with Gasteiger partial charge in [0.15, 0.2) is 0 Å². The Morgan fingerprint density at radius 1 is 1.06 bits per heavy atom. The number of halogens is 1. The monoisotopic (exact) mass is 319 g/mol. The maximum absolute atomic E-state index is 4.73. The van der Waals surface area contributed by atoms with E-state index in [-0.39, 0.29) is 0 Å². The highest BCUT2D eigenvalue weighted by Gasteiger charge is 2.03. The summed E-state index contributed by atoms with van der Waals surface area (Å²) >= 11 is 2.36. The number of hydrogen-bond donors (Lipinski definition) is 0. The highest BCUT2D eigenvalue weighted by atomic mass is 127. The van der Waals surface area contributed by atoms with Gasteiger partial charge in [0.2, 0.25) is 0 Å². The van der Waals surface area contributed by atoms with Crippen LogP contribution in [0.5, 0.6) is 0 Å². The van der Waals surface area contributed by atoms with Crippen molar-refractivity contribution in [2.45, 2.75) is 6.92 Å². The van der Waals surface area contributed by atoms with Gasteiger partial charge >= 0.3 is 0 Å². The molecule has 0 N–H and O–H groups in total. The Morgan fingerprint density at radius 2 is 1.88 bits per heavy atom. The molecule has 1 aromatic heterocycles. The minimum Gasteiger partial charge on any atom is -0.247 e. The van der Waals surface area contributed by atoms with Crippen molar-refractivity contribution in [1.82, 2.24) is 4.98 Å². The maximum Gasteiger partial charge on any atom is 0.0738 e. The molecule has 0 bridgehead atoms. The van der Waals surface area contributed by atoms with Gasteiger partial charge in [0.1, 0.15) is 0 Å².